The molecule has 0 saturated heterocycles. The van der Waals surface area contributed by atoms with Gasteiger partial charge in [0.2, 0.25) is 0 Å². The van der Waals surface area contributed by atoms with Gasteiger partial charge in [0, 0.05) is 39.4 Å². The molecule has 0 bridgehead atoms. The summed E-state index contributed by atoms with van der Waals surface area (Å²) in [5.41, 5.74) is 8.93. The maximum absolute atomic E-state index is 4.49. The van der Waals surface area contributed by atoms with Crippen LogP contribution >= 0.6 is 0 Å². The fourth-order valence-electron chi connectivity index (χ4n) is 6.12. The van der Waals surface area contributed by atoms with E-state index in [2.05, 4.69) is 159 Å². The van der Waals surface area contributed by atoms with Crippen LogP contribution in [0.4, 0.5) is 17.1 Å². The second-order valence-electron chi connectivity index (χ2n) is 10.1. The van der Waals surface area contributed by atoms with Gasteiger partial charge in [0.15, 0.2) is 0 Å². The molecule has 8 rings (SSSR count). The molecule has 5 aromatic carbocycles. The molecular formula is C37H26N4. The predicted octanol–water partition coefficient (Wildman–Crippen LogP) is 9.59. The second kappa shape index (κ2) is 9.54. The first-order chi connectivity index (χ1) is 20.4. The number of fused-ring (bicyclic) bond motifs is 5. The minimum Gasteiger partial charge on any atom is -0.308 e. The Hall–Kier alpha value is -5.61. The van der Waals surface area contributed by atoms with E-state index in [1.807, 2.05) is 18.5 Å². The molecule has 0 N–H and O–H groups in total. The topological polar surface area (TPSA) is 26.0 Å². The molecular weight excluding hydrogens is 500 g/mol. The molecule has 3 heterocycles. The lowest BCUT2D eigenvalue weighted by Gasteiger charge is -2.26. The van der Waals surface area contributed by atoms with Crippen LogP contribution in [0, 0.1) is 0 Å². The van der Waals surface area contributed by atoms with Crippen molar-refractivity contribution in [2.45, 2.75) is 0 Å². The van der Waals surface area contributed by atoms with Gasteiger partial charge in [-0.1, -0.05) is 78.9 Å². The first kappa shape index (κ1) is 23.3. The number of aromatic nitrogens is 3. The maximum atomic E-state index is 4.49. The van der Waals surface area contributed by atoms with Crippen LogP contribution in [0.5, 0.6) is 0 Å². The molecule has 0 fully saturated rings. The van der Waals surface area contributed by atoms with Gasteiger partial charge < -0.3 is 4.90 Å². The Labute approximate surface area is 238 Å². The predicted molar refractivity (Wildman–Crippen MR) is 170 cm³/mol. The quantitative estimate of drug-likeness (QED) is 0.223. The van der Waals surface area contributed by atoms with Gasteiger partial charge in [-0.25, -0.2) is 0 Å². The molecule has 0 amide bonds. The number of pyridine rings is 1. The van der Waals surface area contributed by atoms with E-state index in [1.54, 1.807) is 0 Å². The fraction of sp³-hybridized carbons (Fsp3) is 0. The smallest absolute Gasteiger partial charge is 0.131 e. The van der Waals surface area contributed by atoms with Crippen LogP contribution in [0.2, 0.25) is 0 Å². The molecule has 0 radical (unpaired) electrons. The minimum atomic E-state index is 1.01. The zero-order chi connectivity index (χ0) is 27.2. The van der Waals surface area contributed by atoms with E-state index in [9.17, 15) is 0 Å². The van der Waals surface area contributed by atoms with Crippen LogP contribution < -0.4 is 4.90 Å². The summed E-state index contributed by atoms with van der Waals surface area (Å²) < 4.78 is 4.81. The van der Waals surface area contributed by atoms with E-state index in [-0.39, 0.29) is 0 Å². The number of rotatable bonds is 5. The SMILES string of the molecule is c1ccc(N(c2cccnc2)c2cccc3c2c2c4ccccc4n(-c4ccccc4)c2n3-c2ccccc2)cc1. The lowest BCUT2D eigenvalue weighted by molar-refractivity contribution is 1.07. The third-order valence-electron chi connectivity index (χ3n) is 7.76. The highest BCUT2D eigenvalue weighted by Crippen LogP contribution is 2.47. The number of para-hydroxylation sites is 4. The zero-order valence-electron chi connectivity index (χ0n) is 22.3. The highest BCUT2D eigenvalue weighted by atomic mass is 15.2. The Morgan fingerprint density at radius 3 is 1.73 bits per heavy atom. The Morgan fingerprint density at radius 1 is 0.463 bits per heavy atom. The van der Waals surface area contributed by atoms with E-state index in [0.29, 0.717) is 0 Å². The van der Waals surface area contributed by atoms with Crippen molar-refractivity contribution in [3.8, 4) is 11.4 Å². The van der Waals surface area contributed by atoms with Gasteiger partial charge >= 0.3 is 0 Å². The number of anilines is 3. The minimum absolute atomic E-state index is 1.01. The molecule has 41 heavy (non-hydrogen) atoms. The van der Waals surface area contributed by atoms with Gasteiger partial charge in [-0.05, 0) is 66.7 Å². The first-order valence-electron chi connectivity index (χ1n) is 13.8. The second-order valence-corrected chi connectivity index (χ2v) is 10.1. The molecule has 0 aliphatic rings. The van der Waals surface area contributed by atoms with Gasteiger partial charge in [0.1, 0.15) is 5.65 Å². The summed E-state index contributed by atoms with van der Waals surface area (Å²) in [7, 11) is 0. The van der Waals surface area contributed by atoms with Crippen LogP contribution in [0.1, 0.15) is 0 Å². The molecule has 0 spiro atoms. The number of benzene rings is 5. The number of hydrogen-bond acceptors (Lipinski definition) is 2. The first-order valence-corrected chi connectivity index (χ1v) is 13.8. The normalized spacial score (nSPS) is 11.4. The monoisotopic (exact) mass is 526 g/mol. The van der Waals surface area contributed by atoms with E-state index in [4.69, 9.17) is 0 Å². The van der Waals surface area contributed by atoms with Crippen LogP contribution in [0.3, 0.4) is 0 Å². The molecule has 8 aromatic rings. The van der Waals surface area contributed by atoms with E-state index in [1.165, 1.54) is 21.7 Å². The molecule has 194 valence electrons. The van der Waals surface area contributed by atoms with Crippen molar-refractivity contribution in [1.29, 1.82) is 0 Å². The molecule has 0 aliphatic carbocycles. The molecule has 0 saturated carbocycles. The summed E-state index contributed by atoms with van der Waals surface area (Å²) in [6, 6.07) is 51.4. The maximum Gasteiger partial charge on any atom is 0.131 e. The average molecular weight is 527 g/mol. The molecule has 4 heteroatoms. The number of hydrogen-bond donors (Lipinski definition) is 0. The van der Waals surface area contributed by atoms with Gasteiger partial charge in [-0.15, -0.1) is 0 Å². The van der Waals surface area contributed by atoms with Crippen LogP contribution in [-0.4, -0.2) is 14.1 Å². The van der Waals surface area contributed by atoms with Gasteiger partial charge in [-0.2, -0.15) is 0 Å². The highest BCUT2D eigenvalue weighted by Gasteiger charge is 2.26. The Kier molecular flexibility index (Phi) is 5.42. The highest BCUT2D eigenvalue weighted by molar-refractivity contribution is 6.26. The van der Waals surface area contributed by atoms with Gasteiger partial charge in [-0.3, -0.25) is 14.1 Å². The van der Waals surface area contributed by atoms with Crippen LogP contribution in [0.15, 0.2) is 158 Å². The summed E-state index contributed by atoms with van der Waals surface area (Å²) in [6.45, 7) is 0. The molecule has 0 unspecified atom stereocenters. The lowest BCUT2D eigenvalue weighted by atomic mass is 10.1. The Morgan fingerprint density at radius 2 is 1.05 bits per heavy atom. The van der Waals surface area contributed by atoms with Crippen molar-refractivity contribution in [3.05, 3.63) is 158 Å². The summed E-state index contributed by atoms with van der Waals surface area (Å²) in [5.74, 6) is 0. The lowest BCUT2D eigenvalue weighted by Crippen LogP contribution is -2.10. The van der Waals surface area contributed by atoms with E-state index >= 15 is 0 Å². The summed E-state index contributed by atoms with van der Waals surface area (Å²) >= 11 is 0. The van der Waals surface area contributed by atoms with E-state index in [0.717, 1.165) is 39.6 Å². The van der Waals surface area contributed by atoms with Crippen LogP contribution in [-0.2, 0) is 0 Å². The van der Waals surface area contributed by atoms with Crippen molar-refractivity contribution in [1.82, 2.24) is 14.1 Å². The van der Waals surface area contributed by atoms with Gasteiger partial charge in [0.05, 0.1) is 28.6 Å². The summed E-state index contributed by atoms with van der Waals surface area (Å²) in [4.78, 5) is 6.81. The van der Waals surface area contributed by atoms with Gasteiger partial charge in [0.25, 0.3) is 0 Å². The van der Waals surface area contributed by atoms with Crippen molar-refractivity contribution in [2.24, 2.45) is 0 Å². The van der Waals surface area contributed by atoms with Crippen LogP contribution in [0.25, 0.3) is 44.2 Å². The molecule has 4 nitrogen and oxygen atoms in total. The fourth-order valence-corrected chi connectivity index (χ4v) is 6.12. The van der Waals surface area contributed by atoms with Crippen molar-refractivity contribution in [2.75, 3.05) is 4.90 Å². The number of nitrogens with zero attached hydrogens (tertiary/aromatic N) is 4. The largest absolute Gasteiger partial charge is 0.308 e. The van der Waals surface area contributed by atoms with Crippen molar-refractivity contribution in [3.63, 3.8) is 0 Å². The summed E-state index contributed by atoms with van der Waals surface area (Å²) in [6.07, 6.45) is 3.76. The molecule has 3 aromatic heterocycles. The summed E-state index contributed by atoms with van der Waals surface area (Å²) in [5, 5.41) is 3.64. The van der Waals surface area contributed by atoms with Crippen molar-refractivity contribution < 1.29 is 0 Å². The Balaban J connectivity index is 1.59. The van der Waals surface area contributed by atoms with Crippen molar-refractivity contribution >= 4 is 49.9 Å². The standard InChI is InChI=1S/C37H26N4/c1-4-14-27(15-5-1)39(30-20-13-25-38-26-30)33-23-12-24-34-36(33)35-31-21-10-11-22-32(31)40(28-16-6-2-7-17-28)37(35)41(34)29-18-8-3-9-19-29/h1-26H. The molecule has 0 aliphatic heterocycles. The average Bonchev–Trinajstić information content (AvgIpc) is 3.56. The Bertz CT molecular complexity index is 2090. The third-order valence-corrected chi connectivity index (χ3v) is 7.76. The third kappa shape index (κ3) is 3.65. The zero-order valence-corrected chi connectivity index (χ0v) is 22.3. The molecule has 0 atom stereocenters. The van der Waals surface area contributed by atoms with E-state index < -0.39 is 0 Å².